The number of hydrogen-bond acceptors (Lipinski definition) is 5. The molecule has 2 aliphatic heterocycles. The van der Waals surface area contributed by atoms with Gasteiger partial charge in [0.15, 0.2) is 0 Å². The van der Waals surface area contributed by atoms with Crippen molar-refractivity contribution < 1.29 is 14.3 Å². The van der Waals surface area contributed by atoms with Gasteiger partial charge in [-0.25, -0.2) is 4.98 Å². The summed E-state index contributed by atoms with van der Waals surface area (Å²) in [6, 6.07) is 11.4. The minimum atomic E-state index is -0.226. The Kier molecular flexibility index (Phi) is 8.94. The largest absolute Gasteiger partial charge is 0.474 e. The van der Waals surface area contributed by atoms with E-state index in [0.29, 0.717) is 67.8 Å². The average Bonchev–Trinajstić information content (AvgIpc) is 3.36. The average molecular weight is 543 g/mol. The molecule has 3 heterocycles. The van der Waals surface area contributed by atoms with Crippen molar-refractivity contribution >= 4 is 35.0 Å². The van der Waals surface area contributed by atoms with Gasteiger partial charge >= 0.3 is 0 Å². The van der Waals surface area contributed by atoms with E-state index in [1.807, 2.05) is 41.8 Å². The Bertz CT molecular complexity index is 1160. The number of ether oxygens (including phenoxy) is 1. The molecule has 2 aliphatic rings. The van der Waals surface area contributed by atoms with Gasteiger partial charge in [-0.1, -0.05) is 42.3 Å². The Labute approximate surface area is 228 Å². The second kappa shape index (κ2) is 12.1. The zero-order chi connectivity index (χ0) is 26.5. The van der Waals surface area contributed by atoms with Crippen LogP contribution in [0.1, 0.15) is 50.2 Å². The van der Waals surface area contributed by atoms with Gasteiger partial charge in [-0.15, -0.1) is 0 Å². The molecule has 196 valence electrons. The summed E-state index contributed by atoms with van der Waals surface area (Å²) in [6.07, 6.45) is 3.60. The second-order valence-electron chi connectivity index (χ2n) is 9.86. The maximum Gasteiger partial charge on any atom is 0.225 e. The van der Waals surface area contributed by atoms with Crippen LogP contribution in [0.5, 0.6) is 5.88 Å². The molecule has 1 aromatic heterocycles. The van der Waals surface area contributed by atoms with E-state index in [-0.39, 0.29) is 35.7 Å². The minimum absolute atomic E-state index is 0.0172. The smallest absolute Gasteiger partial charge is 0.225 e. The maximum atomic E-state index is 13.6. The quantitative estimate of drug-likeness (QED) is 0.485. The SMILES string of the molecule is CCC(=O)N1CCC(C(=O)N2C[C@H]([C@@H](C)Oc3ccc(CC#N)cn3)[C@@H](c3ccc(Cl)c(Cl)c3)C2)CC1. The summed E-state index contributed by atoms with van der Waals surface area (Å²) < 4.78 is 6.23. The highest BCUT2D eigenvalue weighted by Gasteiger charge is 2.42. The van der Waals surface area contributed by atoms with Crippen molar-refractivity contribution in [2.75, 3.05) is 26.2 Å². The molecule has 0 radical (unpaired) electrons. The number of nitrogens with zero attached hydrogens (tertiary/aromatic N) is 4. The van der Waals surface area contributed by atoms with Gasteiger partial charge in [-0.2, -0.15) is 5.26 Å². The van der Waals surface area contributed by atoms with Crippen LogP contribution in [0, 0.1) is 23.2 Å². The van der Waals surface area contributed by atoms with E-state index >= 15 is 0 Å². The molecule has 3 atom stereocenters. The number of piperidine rings is 1. The molecule has 0 N–H and O–H groups in total. The van der Waals surface area contributed by atoms with Crippen LogP contribution in [-0.4, -0.2) is 58.9 Å². The van der Waals surface area contributed by atoms with Gasteiger partial charge in [0, 0.05) is 62.6 Å². The Morgan fingerprint density at radius 1 is 1.14 bits per heavy atom. The van der Waals surface area contributed by atoms with Crippen LogP contribution in [0.3, 0.4) is 0 Å². The molecule has 0 saturated carbocycles. The second-order valence-corrected chi connectivity index (χ2v) is 10.7. The summed E-state index contributed by atoms with van der Waals surface area (Å²) in [5.41, 5.74) is 1.85. The predicted molar refractivity (Wildman–Crippen MR) is 143 cm³/mol. The molecule has 9 heteroatoms. The van der Waals surface area contributed by atoms with E-state index in [2.05, 4.69) is 11.1 Å². The molecule has 0 spiro atoms. The van der Waals surface area contributed by atoms with E-state index in [0.717, 1.165) is 11.1 Å². The molecule has 2 fully saturated rings. The van der Waals surface area contributed by atoms with Gasteiger partial charge < -0.3 is 14.5 Å². The van der Waals surface area contributed by atoms with Crippen molar-refractivity contribution in [1.82, 2.24) is 14.8 Å². The van der Waals surface area contributed by atoms with E-state index < -0.39 is 0 Å². The standard InChI is InChI=1S/C28H32Cl2N4O3/c1-3-27(35)33-12-9-20(10-13-33)28(36)34-16-22(23(17-34)21-5-6-24(29)25(30)14-21)18(2)37-26-7-4-19(8-11-31)15-32-26/h4-7,14-15,18,20,22-23H,3,8-10,12-13,16-17H2,1-2H3/t18-,22-,23-/m1/s1. The number of nitriles is 1. The molecule has 2 saturated heterocycles. The fourth-order valence-electron chi connectivity index (χ4n) is 5.39. The number of carbonyl (C=O) groups is 2. The highest BCUT2D eigenvalue weighted by Crippen LogP contribution is 2.39. The maximum absolute atomic E-state index is 13.6. The minimum Gasteiger partial charge on any atom is -0.474 e. The van der Waals surface area contributed by atoms with Crippen molar-refractivity contribution in [3.8, 4) is 11.9 Å². The van der Waals surface area contributed by atoms with Crippen LogP contribution in [0.15, 0.2) is 36.5 Å². The Hall–Kier alpha value is -2.82. The van der Waals surface area contributed by atoms with Gasteiger partial charge in [0.05, 0.1) is 22.5 Å². The van der Waals surface area contributed by atoms with Crippen molar-refractivity contribution in [2.45, 2.75) is 51.6 Å². The summed E-state index contributed by atoms with van der Waals surface area (Å²) in [6.45, 7) is 6.26. The molecule has 37 heavy (non-hydrogen) atoms. The van der Waals surface area contributed by atoms with Crippen molar-refractivity contribution in [1.29, 1.82) is 5.26 Å². The van der Waals surface area contributed by atoms with Crippen molar-refractivity contribution in [3.05, 3.63) is 57.7 Å². The third-order valence-electron chi connectivity index (χ3n) is 7.54. The number of pyridine rings is 1. The lowest BCUT2D eigenvalue weighted by molar-refractivity contribution is -0.140. The number of halogens is 2. The number of carbonyl (C=O) groups excluding carboxylic acids is 2. The lowest BCUT2D eigenvalue weighted by atomic mass is 9.86. The lowest BCUT2D eigenvalue weighted by Crippen LogP contribution is -2.44. The summed E-state index contributed by atoms with van der Waals surface area (Å²) in [4.78, 5) is 33.8. The molecule has 0 unspecified atom stereocenters. The molecule has 7 nitrogen and oxygen atoms in total. The molecular formula is C28H32Cl2N4O3. The number of rotatable bonds is 7. The third kappa shape index (κ3) is 6.37. The zero-order valence-corrected chi connectivity index (χ0v) is 22.7. The van der Waals surface area contributed by atoms with Crippen molar-refractivity contribution in [2.24, 2.45) is 11.8 Å². The number of amides is 2. The molecule has 2 aromatic rings. The number of likely N-dealkylation sites (tertiary alicyclic amines) is 2. The van der Waals surface area contributed by atoms with Crippen LogP contribution in [0.25, 0.3) is 0 Å². The van der Waals surface area contributed by atoms with Crippen LogP contribution < -0.4 is 4.74 Å². The Morgan fingerprint density at radius 3 is 2.51 bits per heavy atom. The summed E-state index contributed by atoms with van der Waals surface area (Å²) in [5.74, 6) is 0.728. The van der Waals surface area contributed by atoms with Crippen molar-refractivity contribution in [3.63, 3.8) is 0 Å². The number of hydrogen-bond donors (Lipinski definition) is 0. The van der Waals surface area contributed by atoms with Gasteiger partial charge in [-0.3, -0.25) is 9.59 Å². The number of benzene rings is 1. The molecule has 0 aliphatic carbocycles. The van der Waals surface area contributed by atoms with Crippen LogP contribution in [0.2, 0.25) is 10.0 Å². The lowest BCUT2D eigenvalue weighted by Gasteiger charge is -2.33. The Balaban J connectivity index is 1.50. The molecule has 1 aromatic carbocycles. The van der Waals surface area contributed by atoms with Gasteiger partial charge in [0.25, 0.3) is 0 Å². The fourth-order valence-corrected chi connectivity index (χ4v) is 5.70. The molecule has 4 rings (SSSR count). The van der Waals surface area contributed by atoms with Crippen LogP contribution >= 0.6 is 23.2 Å². The summed E-state index contributed by atoms with van der Waals surface area (Å²) >= 11 is 12.5. The monoisotopic (exact) mass is 542 g/mol. The van der Waals surface area contributed by atoms with Crippen LogP contribution in [-0.2, 0) is 16.0 Å². The van der Waals surface area contributed by atoms with Crippen LogP contribution in [0.4, 0.5) is 0 Å². The molecule has 0 bridgehead atoms. The molecular weight excluding hydrogens is 511 g/mol. The molecule has 2 amide bonds. The van der Waals surface area contributed by atoms with E-state index in [9.17, 15) is 9.59 Å². The van der Waals surface area contributed by atoms with Gasteiger partial charge in [0.2, 0.25) is 17.7 Å². The van der Waals surface area contributed by atoms with E-state index in [4.69, 9.17) is 33.2 Å². The fraction of sp³-hybridized carbons (Fsp3) is 0.500. The first-order valence-corrected chi connectivity index (χ1v) is 13.6. The third-order valence-corrected chi connectivity index (χ3v) is 8.28. The first kappa shape index (κ1) is 27.2. The Morgan fingerprint density at radius 2 is 1.89 bits per heavy atom. The highest BCUT2D eigenvalue weighted by molar-refractivity contribution is 6.42. The summed E-state index contributed by atoms with van der Waals surface area (Å²) in [7, 11) is 0. The summed E-state index contributed by atoms with van der Waals surface area (Å²) in [5, 5.41) is 9.87. The van der Waals surface area contributed by atoms with Gasteiger partial charge in [-0.05, 0) is 43.0 Å². The predicted octanol–water partition coefficient (Wildman–Crippen LogP) is 5.11. The number of aromatic nitrogens is 1. The topological polar surface area (TPSA) is 86.5 Å². The highest BCUT2D eigenvalue weighted by atomic mass is 35.5. The normalized spacial score (nSPS) is 20.9. The zero-order valence-electron chi connectivity index (χ0n) is 21.2. The first-order valence-electron chi connectivity index (χ1n) is 12.8. The first-order chi connectivity index (χ1) is 17.8. The van der Waals surface area contributed by atoms with E-state index in [1.54, 1.807) is 18.3 Å². The van der Waals surface area contributed by atoms with E-state index in [1.165, 1.54) is 0 Å². The van der Waals surface area contributed by atoms with Gasteiger partial charge in [0.1, 0.15) is 6.10 Å².